The van der Waals surface area contributed by atoms with Crippen molar-refractivity contribution in [3.63, 3.8) is 0 Å². The van der Waals surface area contributed by atoms with Crippen LogP contribution in [0.5, 0.6) is 0 Å². The molecule has 0 saturated heterocycles. The summed E-state index contributed by atoms with van der Waals surface area (Å²) in [7, 11) is 0. The third-order valence-corrected chi connectivity index (χ3v) is 5.27. The zero-order valence-corrected chi connectivity index (χ0v) is 18.8. The fraction of sp³-hybridized carbons (Fsp3) is 0.417. The second-order valence-corrected chi connectivity index (χ2v) is 7.61. The zero-order valence-electron chi connectivity index (χ0n) is 18.8. The molecule has 2 aromatic rings. The molecule has 0 aliphatic carbocycles. The van der Waals surface area contributed by atoms with Crippen LogP contribution in [0.25, 0.3) is 0 Å². The first kappa shape index (κ1) is 24.8. The fourth-order valence-corrected chi connectivity index (χ4v) is 3.38. The molecule has 8 heteroatoms. The first-order valence-corrected chi connectivity index (χ1v) is 11.1. The third-order valence-electron chi connectivity index (χ3n) is 5.27. The number of nitro benzene ring substituents is 1. The molecular formula is C24H32N4O4. The molecule has 0 saturated carbocycles. The van der Waals surface area contributed by atoms with E-state index < -0.39 is 4.92 Å². The Morgan fingerprint density at radius 3 is 2.31 bits per heavy atom. The summed E-state index contributed by atoms with van der Waals surface area (Å²) in [5, 5.41) is 16.6. The van der Waals surface area contributed by atoms with E-state index in [2.05, 4.69) is 17.6 Å². The number of non-ortho nitro benzene ring substituents is 1. The number of amides is 3. The Kier molecular flexibility index (Phi) is 10.2. The van der Waals surface area contributed by atoms with Gasteiger partial charge in [-0.2, -0.15) is 0 Å². The lowest BCUT2D eigenvalue weighted by atomic mass is 9.98. The van der Waals surface area contributed by atoms with E-state index in [9.17, 15) is 19.7 Å². The second kappa shape index (κ2) is 13.1. The maximum absolute atomic E-state index is 12.9. The molecule has 3 amide bonds. The van der Waals surface area contributed by atoms with Gasteiger partial charge in [-0.3, -0.25) is 19.8 Å². The van der Waals surface area contributed by atoms with Crippen LogP contribution in [0.3, 0.4) is 0 Å². The molecule has 0 aliphatic heterocycles. The van der Waals surface area contributed by atoms with Gasteiger partial charge in [-0.25, -0.2) is 4.79 Å². The van der Waals surface area contributed by atoms with Crippen LogP contribution in [0.15, 0.2) is 54.6 Å². The summed E-state index contributed by atoms with van der Waals surface area (Å²) in [5.41, 5.74) is 1.16. The molecule has 0 bridgehead atoms. The minimum atomic E-state index is -0.485. The van der Waals surface area contributed by atoms with E-state index in [1.807, 2.05) is 37.3 Å². The molecule has 2 aromatic carbocycles. The molecule has 0 aromatic heterocycles. The first-order valence-electron chi connectivity index (χ1n) is 11.1. The number of nitrogens with zero attached hydrogens (tertiary/aromatic N) is 2. The highest BCUT2D eigenvalue weighted by molar-refractivity contribution is 6.01. The summed E-state index contributed by atoms with van der Waals surface area (Å²) in [6, 6.07) is 14.6. The van der Waals surface area contributed by atoms with Gasteiger partial charge in [-0.1, -0.05) is 44.9 Å². The van der Waals surface area contributed by atoms with Crippen LogP contribution in [0.4, 0.5) is 21.9 Å². The van der Waals surface area contributed by atoms with E-state index >= 15 is 0 Å². The predicted octanol–water partition coefficient (Wildman–Crippen LogP) is 5.36. The van der Waals surface area contributed by atoms with E-state index in [0.29, 0.717) is 25.2 Å². The Morgan fingerprint density at radius 2 is 1.72 bits per heavy atom. The topological polar surface area (TPSA) is 105 Å². The van der Waals surface area contributed by atoms with Gasteiger partial charge in [0.2, 0.25) is 5.91 Å². The lowest BCUT2D eigenvalue weighted by molar-refractivity contribution is -0.384. The number of rotatable bonds is 12. The zero-order chi connectivity index (χ0) is 23.3. The number of unbranched alkanes of at least 4 members (excludes halogenated alkanes) is 1. The monoisotopic (exact) mass is 440 g/mol. The predicted molar refractivity (Wildman–Crippen MR) is 127 cm³/mol. The second-order valence-electron chi connectivity index (χ2n) is 7.61. The van der Waals surface area contributed by atoms with Crippen molar-refractivity contribution in [3.05, 3.63) is 64.7 Å². The molecule has 1 unspecified atom stereocenters. The standard InChI is InChI=1S/C24H32N4O4/c1-3-5-10-19(4-2)23(29)25-17-9-18-27(21-11-7-6-8-12-21)24(30)26-20-13-15-22(16-14-20)28(31)32/h6-8,11-16,19H,3-5,9-10,17-18H2,1-2H3,(H,25,29)(H,26,30). The number of para-hydroxylation sites is 1. The van der Waals surface area contributed by atoms with Crippen molar-refractivity contribution in [3.8, 4) is 0 Å². The molecule has 0 fully saturated rings. The van der Waals surface area contributed by atoms with Gasteiger partial charge in [0.15, 0.2) is 0 Å². The number of urea groups is 1. The molecule has 0 spiro atoms. The van der Waals surface area contributed by atoms with E-state index in [4.69, 9.17) is 0 Å². The van der Waals surface area contributed by atoms with Crippen molar-refractivity contribution in [2.75, 3.05) is 23.3 Å². The van der Waals surface area contributed by atoms with Crippen LogP contribution in [-0.4, -0.2) is 30.0 Å². The van der Waals surface area contributed by atoms with E-state index in [1.54, 1.807) is 4.90 Å². The Bertz CT molecular complexity index is 871. The van der Waals surface area contributed by atoms with Crippen molar-refractivity contribution in [2.24, 2.45) is 5.92 Å². The molecule has 1 atom stereocenters. The number of nitro groups is 1. The van der Waals surface area contributed by atoms with Gasteiger partial charge in [0, 0.05) is 42.5 Å². The molecule has 0 radical (unpaired) electrons. The van der Waals surface area contributed by atoms with Crippen LogP contribution in [-0.2, 0) is 4.79 Å². The highest BCUT2D eigenvalue weighted by Crippen LogP contribution is 2.19. The van der Waals surface area contributed by atoms with E-state index in [0.717, 1.165) is 31.4 Å². The largest absolute Gasteiger partial charge is 0.356 e. The highest BCUT2D eigenvalue weighted by atomic mass is 16.6. The van der Waals surface area contributed by atoms with Crippen molar-refractivity contribution in [2.45, 2.75) is 46.0 Å². The van der Waals surface area contributed by atoms with Crippen LogP contribution in [0.2, 0.25) is 0 Å². The minimum Gasteiger partial charge on any atom is -0.356 e. The van der Waals surface area contributed by atoms with Crippen LogP contribution >= 0.6 is 0 Å². The Labute approximate surface area is 189 Å². The smallest absolute Gasteiger partial charge is 0.326 e. The normalized spacial score (nSPS) is 11.4. The molecule has 0 heterocycles. The van der Waals surface area contributed by atoms with Gasteiger partial charge in [0.1, 0.15) is 0 Å². The number of carbonyl (C=O) groups excluding carboxylic acids is 2. The molecule has 2 N–H and O–H groups in total. The Balaban J connectivity index is 1.96. The summed E-state index contributed by atoms with van der Waals surface area (Å²) in [6.07, 6.45) is 4.42. The maximum atomic E-state index is 12.9. The SMILES string of the molecule is CCCCC(CC)C(=O)NCCCN(C(=O)Nc1ccc([N+](=O)[O-])cc1)c1ccccc1. The average molecular weight is 441 g/mol. The average Bonchev–Trinajstić information content (AvgIpc) is 2.80. The number of benzene rings is 2. The van der Waals surface area contributed by atoms with Crippen molar-refractivity contribution in [1.82, 2.24) is 5.32 Å². The van der Waals surface area contributed by atoms with Gasteiger partial charge < -0.3 is 10.6 Å². The van der Waals surface area contributed by atoms with E-state index in [1.165, 1.54) is 24.3 Å². The number of hydrogen-bond donors (Lipinski definition) is 2. The molecule has 0 aliphatic rings. The summed E-state index contributed by atoms with van der Waals surface area (Å²) >= 11 is 0. The summed E-state index contributed by atoms with van der Waals surface area (Å²) in [6.45, 7) is 5.04. The highest BCUT2D eigenvalue weighted by Gasteiger charge is 2.18. The number of carbonyl (C=O) groups is 2. The van der Waals surface area contributed by atoms with Gasteiger partial charge in [-0.15, -0.1) is 0 Å². The van der Waals surface area contributed by atoms with Gasteiger partial charge in [0.05, 0.1) is 4.92 Å². The number of hydrogen-bond acceptors (Lipinski definition) is 4. The van der Waals surface area contributed by atoms with Crippen molar-refractivity contribution in [1.29, 1.82) is 0 Å². The lowest BCUT2D eigenvalue weighted by Crippen LogP contribution is -2.38. The molecule has 172 valence electrons. The van der Waals surface area contributed by atoms with Crippen LogP contribution in [0, 0.1) is 16.0 Å². The molecule has 8 nitrogen and oxygen atoms in total. The van der Waals surface area contributed by atoms with Crippen molar-refractivity contribution >= 4 is 29.0 Å². The summed E-state index contributed by atoms with van der Waals surface area (Å²) in [4.78, 5) is 37.2. The van der Waals surface area contributed by atoms with E-state index in [-0.39, 0.29) is 23.5 Å². The quantitative estimate of drug-likeness (QED) is 0.263. The van der Waals surface area contributed by atoms with Crippen molar-refractivity contribution < 1.29 is 14.5 Å². The van der Waals surface area contributed by atoms with Gasteiger partial charge >= 0.3 is 6.03 Å². The molecule has 32 heavy (non-hydrogen) atoms. The summed E-state index contributed by atoms with van der Waals surface area (Å²) < 4.78 is 0. The maximum Gasteiger partial charge on any atom is 0.326 e. The molecular weight excluding hydrogens is 408 g/mol. The Hall–Kier alpha value is -3.42. The third kappa shape index (κ3) is 7.68. The number of nitrogens with one attached hydrogen (secondary N) is 2. The number of anilines is 2. The molecule has 2 rings (SSSR count). The van der Waals surface area contributed by atoms with Crippen LogP contribution < -0.4 is 15.5 Å². The summed E-state index contributed by atoms with van der Waals surface area (Å²) in [5.74, 6) is 0.105. The Morgan fingerprint density at radius 1 is 1.03 bits per heavy atom. The minimum absolute atomic E-state index is 0.0330. The fourth-order valence-electron chi connectivity index (χ4n) is 3.38. The first-order chi connectivity index (χ1) is 15.5. The van der Waals surface area contributed by atoms with Crippen LogP contribution in [0.1, 0.15) is 46.0 Å². The van der Waals surface area contributed by atoms with Gasteiger partial charge in [0.25, 0.3) is 5.69 Å². The van der Waals surface area contributed by atoms with Gasteiger partial charge in [-0.05, 0) is 43.5 Å². The lowest BCUT2D eigenvalue weighted by Gasteiger charge is -2.23.